The van der Waals surface area contributed by atoms with Crippen molar-refractivity contribution in [3.05, 3.63) is 72.3 Å². The fraction of sp³-hybridized carbons (Fsp3) is 0. The molecule has 0 saturated heterocycles. The average molecular weight is 382 g/mol. The van der Waals surface area contributed by atoms with Crippen molar-refractivity contribution in [3.8, 4) is 5.69 Å². The zero-order valence-corrected chi connectivity index (χ0v) is 14.1. The molecule has 4 aromatic rings. The minimum absolute atomic E-state index is 0.00361. The molecule has 0 bridgehead atoms. The van der Waals surface area contributed by atoms with Crippen LogP contribution in [0.25, 0.3) is 5.69 Å². The molecular weight excluding hydrogens is 370 g/mol. The number of nitrogens with two attached hydrogens (primary N) is 1. The molecule has 0 atom stereocenters. The summed E-state index contributed by atoms with van der Waals surface area (Å²) in [6, 6.07) is 10.1. The van der Waals surface area contributed by atoms with E-state index in [1.807, 2.05) is 0 Å². The van der Waals surface area contributed by atoms with Gasteiger partial charge in [0.05, 0.1) is 5.69 Å². The van der Waals surface area contributed by atoms with Crippen LogP contribution in [0.15, 0.2) is 55.1 Å². The van der Waals surface area contributed by atoms with Crippen LogP contribution in [0.2, 0.25) is 0 Å². The molecule has 28 heavy (non-hydrogen) atoms. The standard InChI is InChI=1S/C17H12F2N8O/c18-12-2-1-3-13(19)14(12)15(28)27-16(20)24-17(25-27)23-10-4-6-11(7-5-10)26-9-21-8-22-26/h1-9H,(H3,20,23,24,25). The summed E-state index contributed by atoms with van der Waals surface area (Å²) in [5.41, 5.74) is 6.31. The molecule has 2 heterocycles. The van der Waals surface area contributed by atoms with Gasteiger partial charge in [0.2, 0.25) is 11.9 Å². The number of benzene rings is 2. The van der Waals surface area contributed by atoms with Gasteiger partial charge in [-0.25, -0.2) is 18.4 Å². The summed E-state index contributed by atoms with van der Waals surface area (Å²) in [6.45, 7) is 0. The normalized spacial score (nSPS) is 10.8. The molecule has 0 aliphatic carbocycles. The number of nitrogen functional groups attached to an aromatic ring is 1. The Morgan fingerprint density at radius 1 is 1.07 bits per heavy atom. The van der Waals surface area contributed by atoms with Crippen LogP contribution in [0, 0.1) is 11.6 Å². The Labute approximate surface area is 156 Å². The molecule has 0 aliphatic heterocycles. The highest BCUT2D eigenvalue weighted by Gasteiger charge is 2.22. The van der Waals surface area contributed by atoms with Gasteiger partial charge in [0.25, 0.3) is 5.91 Å². The maximum Gasteiger partial charge on any atom is 0.287 e. The van der Waals surface area contributed by atoms with Crippen LogP contribution in [0.4, 0.5) is 26.4 Å². The lowest BCUT2D eigenvalue weighted by molar-refractivity contribution is 0.0939. The Balaban J connectivity index is 1.57. The van der Waals surface area contributed by atoms with Crippen LogP contribution in [0.1, 0.15) is 10.4 Å². The first-order chi connectivity index (χ1) is 13.5. The van der Waals surface area contributed by atoms with Gasteiger partial charge in [0.1, 0.15) is 29.9 Å². The van der Waals surface area contributed by atoms with Gasteiger partial charge in [-0.2, -0.15) is 14.8 Å². The van der Waals surface area contributed by atoms with E-state index in [1.54, 1.807) is 35.3 Å². The summed E-state index contributed by atoms with van der Waals surface area (Å²) in [6.07, 6.45) is 2.97. The quantitative estimate of drug-likeness (QED) is 0.555. The second-order valence-electron chi connectivity index (χ2n) is 5.62. The molecule has 11 heteroatoms. The van der Waals surface area contributed by atoms with Crippen molar-refractivity contribution in [2.45, 2.75) is 0 Å². The van der Waals surface area contributed by atoms with E-state index in [9.17, 15) is 13.6 Å². The van der Waals surface area contributed by atoms with E-state index in [2.05, 4.69) is 25.5 Å². The summed E-state index contributed by atoms with van der Waals surface area (Å²) in [4.78, 5) is 20.2. The first-order valence-electron chi connectivity index (χ1n) is 7.96. The summed E-state index contributed by atoms with van der Waals surface area (Å²) in [5.74, 6) is -3.41. The first kappa shape index (κ1) is 17.3. The van der Waals surface area contributed by atoms with Gasteiger partial charge in [0.15, 0.2) is 0 Å². The molecule has 0 unspecified atom stereocenters. The molecular formula is C17H12F2N8O. The Hall–Kier alpha value is -4.15. The SMILES string of the molecule is Nc1nc(Nc2ccc(-n3cncn3)cc2)nn1C(=O)c1c(F)cccc1F. The molecule has 0 spiro atoms. The number of hydrogen-bond acceptors (Lipinski definition) is 7. The highest BCUT2D eigenvalue weighted by Crippen LogP contribution is 2.19. The zero-order chi connectivity index (χ0) is 19.7. The predicted octanol–water partition coefficient (Wildman–Crippen LogP) is 2.15. The molecule has 140 valence electrons. The minimum atomic E-state index is -1.06. The summed E-state index contributed by atoms with van der Waals surface area (Å²) in [5, 5.41) is 10.8. The fourth-order valence-electron chi connectivity index (χ4n) is 2.50. The van der Waals surface area contributed by atoms with E-state index in [-0.39, 0.29) is 11.9 Å². The number of nitrogens with zero attached hydrogens (tertiary/aromatic N) is 6. The van der Waals surface area contributed by atoms with Crippen molar-refractivity contribution in [1.82, 2.24) is 29.5 Å². The van der Waals surface area contributed by atoms with Gasteiger partial charge in [-0.15, -0.1) is 5.10 Å². The number of carbonyl (C=O) groups excluding carboxylic acids is 1. The largest absolute Gasteiger partial charge is 0.368 e. The van der Waals surface area contributed by atoms with Gasteiger partial charge in [-0.05, 0) is 36.4 Å². The van der Waals surface area contributed by atoms with Gasteiger partial charge in [0, 0.05) is 5.69 Å². The number of carbonyl (C=O) groups is 1. The van der Waals surface area contributed by atoms with Gasteiger partial charge < -0.3 is 11.1 Å². The lowest BCUT2D eigenvalue weighted by Gasteiger charge is -2.05. The van der Waals surface area contributed by atoms with Crippen molar-refractivity contribution >= 4 is 23.5 Å². The van der Waals surface area contributed by atoms with Gasteiger partial charge in [-0.3, -0.25) is 4.79 Å². The van der Waals surface area contributed by atoms with Crippen LogP contribution >= 0.6 is 0 Å². The molecule has 0 saturated carbocycles. The second kappa shape index (κ2) is 6.87. The van der Waals surface area contributed by atoms with Crippen LogP contribution in [-0.4, -0.2) is 35.4 Å². The molecule has 3 N–H and O–H groups in total. The number of anilines is 3. The topological polar surface area (TPSA) is 117 Å². The minimum Gasteiger partial charge on any atom is -0.368 e. The van der Waals surface area contributed by atoms with Crippen LogP contribution < -0.4 is 11.1 Å². The average Bonchev–Trinajstić information content (AvgIpc) is 3.32. The number of halogens is 2. The van der Waals surface area contributed by atoms with Crippen LogP contribution in [-0.2, 0) is 0 Å². The maximum absolute atomic E-state index is 13.8. The molecule has 0 aliphatic rings. The molecule has 9 nitrogen and oxygen atoms in total. The smallest absolute Gasteiger partial charge is 0.287 e. The highest BCUT2D eigenvalue weighted by molar-refractivity contribution is 5.97. The molecule has 0 radical (unpaired) electrons. The Morgan fingerprint density at radius 3 is 2.43 bits per heavy atom. The lowest BCUT2D eigenvalue weighted by Crippen LogP contribution is -2.19. The van der Waals surface area contributed by atoms with E-state index in [0.29, 0.717) is 10.4 Å². The fourth-order valence-corrected chi connectivity index (χ4v) is 2.50. The van der Waals surface area contributed by atoms with Crippen molar-refractivity contribution in [2.24, 2.45) is 0 Å². The summed E-state index contributed by atoms with van der Waals surface area (Å²) in [7, 11) is 0. The summed E-state index contributed by atoms with van der Waals surface area (Å²) >= 11 is 0. The van der Waals surface area contributed by atoms with E-state index in [0.717, 1.165) is 23.9 Å². The predicted molar refractivity (Wildman–Crippen MR) is 95.2 cm³/mol. The molecule has 0 amide bonds. The number of rotatable bonds is 4. The second-order valence-corrected chi connectivity index (χ2v) is 5.62. The first-order valence-corrected chi connectivity index (χ1v) is 7.96. The van der Waals surface area contributed by atoms with Crippen molar-refractivity contribution in [2.75, 3.05) is 11.1 Å². The monoisotopic (exact) mass is 382 g/mol. The molecule has 2 aromatic carbocycles. The Bertz CT molecular complexity index is 1120. The van der Waals surface area contributed by atoms with E-state index in [4.69, 9.17) is 5.73 Å². The lowest BCUT2D eigenvalue weighted by atomic mass is 10.2. The van der Waals surface area contributed by atoms with E-state index >= 15 is 0 Å². The highest BCUT2D eigenvalue weighted by atomic mass is 19.1. The Morgan fingerprint density at radius 2 is 1.79 bits per heavy atom. The molecule has 0 fully saturated rings. The number of aromatic nitrogens is 6. The third-order valence-corrected chi connectivity index (χ3v) is 3.81. The third kappa shape index (κ3) is 3.16. The van der Waals surface area contributed by atoms with Gasteiger partial charge in [-0.1, -0.05) is 6.07 Å². The third-order valence-electron chi connectivity index (χ3n) is 3.81. The van der Waals surface area contributed by atoms with Crippen molar-refractivity contribution in [1.29, 1.82) is 0 Å². The van der Waals surface area contributed by atoms with E-state index < -0.39 is 23.1 Å². The van der Waals surface area contributed by atoms with Gasteiger partial charge >= 0.3 is 0 Å². The van der Waals surface area contributed by atoms with Crippen LogP contribution in [0.5, 0.6) is 0 Å². The summed E-state index contributed by atoms with van der Waals surface area (Å²) < 4.78 is 29.9. The molecule has 2 aromatic heterocycles. The number of hydrogen-bond donors (Lipinski definition) is 2. The van der Waals surface area contributed by atoms with E-state index in [1.165, 1.54) is 6.33 Å². The number of nitrogens with one attached hydrogen (secondary N) is 1. The van der Waals surface area contributed by atoms with Crippen molar-refractivity contribution in [3.63, 3.8) is 0 Å². The maximum atomic E-state index is 13.8. The van der Waals surface area contributed by atoms with Crippen molar-refractivity contribution < 1.29 is 13.6 Å². The Kier molecular flexibility index (Phi) is 4.24. The zero-order valence-electron chi connectivity index (χ0n) is 14.1. The molecule has 4 rings (SSSR count). The van der Waals surface area contributed by atoms with Crippen LogP contribution in [0.3, 0.4) is 0 Å².